The zero-order valence-corrected chi connectivity index (χ0v) is 12.3. The summed E-state index contributed by atoms with van der Waals surface area (Å²) in [6.45, 7) is 2.99. The summed E-state index contributed by atoms with van der Waals surface area (Å²) >= 11 is 3.52. The highest BCUT2D eigenvalue weighted by Gasteiger charge is 2.39. The lowest BCUT2D eigenvalue weighted by Crippen LogP contribution is -2.28. The minimum Gasteiger partial charge on any atom is -0.356 e. The van der Waals surface area contributed by atoms with Gasteiger partial charge in [-0.1, -0.05) is 29.3 Å². The molecule has 1 N–H and O–H groups in total. The highest BCUT2D eigenvalue weighted by atomic mass is 79.9. The standard InChI is InChI=1S/C14H24BrNO/c1-10(15)3-2-6-16-14(17)9-13-8-11-4-5-12(13)7-11/h10-13H,2-9H2,1H3,(H,16,17). The molecule has 4 unspecified atom stereocenters. The lowest BCUT2D eigenvalue weighted by molar-refractivity contribution is -0.122. The van der Waals surface area contributed by atoms with Crippen LogP contribution in [-0.4, -0.2) is 17.3 Å². The Hall–Kier alpha value is -0.0500. The topological polar surface area (TPSA) is 29.1 Å². The molecule has 2 bridgehead atoms. The smallest absolute Gasteiger partial charge is 0.220 e. The summed E-state index contributed by atoms with van der Waals surface area (Å²) < 4.78 is 0. The van der Waals surface area contributed by atoms with Crippen molar-refractivity contribution in [3.05, 3.63) is 0 Å². The molecule has 17 heavy (non-hydrogen) atoms. The summed E-state index contributed by atoms with van der Waals surface area (Å²) in [4.78, 5) is 12.4. The van der Waals surface area contributed by atoms with E-state index in [1.807, 2.05) is 0 Å². The molecular formula is C14H24BrNO. The first-order valence-electron chi connectivity index (χ1n) is 7.06. The zero-order chi connectivity index (χ0) is 12.3. The molecule has 4 atom stereocenters. The van der Waals surface area contributed by atoms with Gasteiger partial charge in [0, 0.05) is 17.8 Å². The number of nitrogens with one attached hydrogen (secondary N) is 1. The van der Waals surface area contributed by atoms with E-state index in [9.17, 15) is 4.79 Å². The van der Waals surface area contributed by atoms with E-state index in [0.29, 0.717) is 10.7 Å². The average molecular weight is 302 g/mol. The fourth-order valence-electron chi connectivity index (χ4n) is 3.55. The third-order valence-electron chi connectivity index (χ3n) is 4.43. The van der Waals surface area contributed by atoms with Gasteiger partial charge >= 0.3 is 0 Å². The summed E-state index contributed by atoms with van der Waals surface area (Å²) in [7, 11) is 0. The van der Waals surface area contributed by atoms with Crippen LogP contribution in [0.15, 0.2) is 0 Å². The third-order valence-corrected chi connectivity index (χ3v) is 4.89. The van der Waals surface area contributed by atoms with Crippen molar-refractivity contribution in [2.45, 2.75) is 56.7 Å². The second-order valence-corrected chi connectivity index (χ2v) is 7.48. The summed E-state index contributed by atoms with van der Waals surface area (Å²) in [6.07, 6.45) is 8.51. The van der Waals surface area contributed by atoms with Crippen molar-refractivity contribution in [1.29, 1.82) is 0 Å². The molecule has 2 nitrogen and oxygen atoms in total. The van der Waals surface area contributed by atoms with Crippen LogP contribution >= 0.6 is 15.9 Å². The number of fused-ring (bicyclic) bond motifs is 2. The quantitative estimate of drug-likeness (QED) is 0.590. The molecule has 0 aromatic carbocycles. The largest absolute Gasteiger partial charge is 0.356 e. The van der Waals surface area contributed by atoms with E-state index in [1.54, 1.807) is 0 Å². The lowest BCUT2D eigenvalue weighted by atomic mass is 9.86. The Kier molecular flexibility index (Phi) is 4.89. The monoisotopic (exact) mass is 301 g/mol. The van der Waals surface area contributed by atoms with Crippen LogP contribution in [0.5, 0.6) is 0 Å². The fourth-order valence-corrected chi connectivity index (χ4v) is 3.87. The molecule has 0 heterocycles. The van der Waals surface area contributed by atoms with Crippen molar-refractivity contribution in [2.24, 2.45) is 17.8 Å². The van der Waals surface area contributed by atoms with Crippen LogP contribution < -0.4 is 5.32 Å². The van der Waals surface area contributed by atoms with Crippen molar-refractivity contribution in [2.75, 3.05) is 6.54 Å². The molecule has 2 saturated carbocycles. The number of hydrogen-bond acceptors (Lipinski definition) is 1. The molecule has 3 heteroatoms. The van der Waals surface area contributed by atoms with Gasteiger partial charge < -0.3 is 5.32 Å². The second-order valence-electron chi connectivity index (χ2n) is 5.91. The molecule has 98 valence electrons. The zero-order valence-electron chi connectivity index (χ0n) is 10.8. The maximum Gasteiger partial charge on any atom is 0.220 e. The van der Waals surface area contributed by atoms with Gasteiger partial charge in [0.1, 0.15) is 0 Å². The number of amides is 1. The van der Waals surface area contributed by atoms with Gasteiger partial charge in [-0.05, 0) is 49.9 Å². The van der Waals surface area contributed by atoms with E-state index < -0.39 is 0 Å². The van der Waals surface area contributed by atoms with Crippen molar-refractivity contribution >= 4 is 21.8 Å². The summed E-state index contributed by atoms with van der Waals surface area (Å²) in [5.41, 5.74) is 0. The Morgan fingerprint density at radius 3 is 2.82 bits per heavy atom. The third kappa shape index (κ3) is 3.97. The fraction of sp³-hybridized carbons (Fsp3) is 0.929. The average Bonchev–Trinajstić information content (AvgIpc) is 2.86. The first-order valence-corrected chi connectivity index (χ1v) is 7.97. The van der Waals surface area contributed by atoms with Gasteiger partial charge in [-0.25, -0.2) is 0 Å². The normalized spacial score (nSPS) is 32.7. The molecule has 0 aromatic rings. The van der Waals surface area contributed by atoms with E-state index in [-0.39, 0.29) is 5.91 Å². The van der Waals surface area contributed by atoms with Crippen LogP contribution in [-0.2, 0) is 4.79 Å². The van der Waals surface area contributed by atoms with E-state index in [1.165, 1.54) is 25.7 Å². The minimum absolute atomic E-state index is 0.282. The molecule has 1 amide bonds. The number of hydrogen-bond donors (Lipinski definition) is 1. The molecule has 2 rings (SSSR count). The van der Waals surface area contributed by atoms with E-state index in [0.717, 1.165) is 37.6 Å². The highest BCUT2D eigenvalue weighted by molar-refractivity contribution is 9.09. The van der Waals surface area contributed by atoms with Gasteiger partial charge in [0.25, 0.3) is 0 Å². The molecule has 0 saturated heterocycles. The summed E-state index contributed by atoms with van der Waals surface area (Å²) in [5, 5.41) is 3.06. The van der Waals surface area contributed by atoms with Gasteiger partial charge in [0.2, 0.25) is 5.91 Å². The van der Waals surface area contributed by atoms with E-state index in [2.05, 4.69) is 28.2 Å². The molecule has 2 aliphatic rings. The number of halogens is 1. The first-order chi connectivity index (χ1) is 8.15. The van der Waals surface area contributed by atoms with Crippen LogP contribution in [0, 0.1) is 17.8 Å². The number of rotatable bonds is 6. The Labute approximate surface area is 113 Å². The van der Waals surface area contributed by atoms with Gasteiger partial charge in [0.05, 0.1) is 0 Å². The maximum absolute atomic E-state index is 11.8. The van der Waals surface area contributed by atoms with Crippen LogP contribution in [0.4, 0.5) is 0 Å². The Morgan fingerprint density at radius 2 is 2.24 bits per heavy atom. The predicted octanol–water partition coefficient (Wildman–Crippen LogP) is 3.49. The second kappa shape index (κ2) is 6.21. The van der Waals surface area contributed by atoms with Crippen LogP contribution in [0.25, 0.3) is 0 Å². The van der Waals surface area contributed by atoms with Crippen molar-refractivity contribution in [3.8, 4) is 0 Å². The molecule has 0 spiro atoms. The summed E-state index contributed by atoms with van der Waals surface area (Å²) in [5.74, 6) is 2.80. The van der Waals surface area contributed by atoms with E-state index >= 15 is 0 Å². The van der Waals surface area contributed by atoms with Gasteiger partial charge in [-0.15, -0.1) is 0 Å². The van der Waals surface area contributed by atoms with Crippen molar-refractivity contribution in [3.63, 3.8) is 0 Å². The Bertz CT molecular complexity index is 267. The first kappa shape index (κ1) is 13.4. The molecule has 2 fully saturated rings. The predicted molar refractivity (Wildman–Crippen MR) is 74.2 cm³/mol. The van der Waals surface area contributed by atoms with Crippen LogP contribution in [0.2, 0.25) is 0 Å². The molecule has 0 aromatic heterocycles. The molecule has 0 aliphatic heterocycles. The van der Waals surface area contributed by atoms with Gasteiger partial charge in [-0.2, -0.15) is 0 Å². The lowest BCUT2D eigenvalue weighted by Gasteiger charge is -2.20. The minimum atomic E-state index is 0.282. The van der Waals surface area contributed by atoms with Crippen LogP contribution in [0.3, 0.4) is 0 Å². The van der Waals surface area contributed by atoms with Crippen LogP contribution in [0.1, 0.15) is 51.9 Å². The van der Waals surface area contributed by atoms with Gasteiger partial charge in [-0.3, -0.25) is 4.79 Å². The number of carbonyl (C=O) groups excluding carboxylic acids is 1. The van der Waals surface area contributed by atoms with E-state index in [4.69, 9.17) is 0 Å². The molecule has 0 radical (unpaired) electrons. The number of alkyl halides is 1. The van der Waals surface area contributed by atoms with Crippen molar-refractivity contribution < 1.29 is 4.79 Å². The maximum atomic E-state index is 11.8. The summed E-state index contributed by atoms with van der Waals surface area (Å²) in [6, 6.07) is 0. The molecular weight excluding hydrogens is 278 g/mol. The Morgan fingerprint density at radius 1 is 1.41 bits per heavy atom. The molecule has 2 aliphatic carbocycles. The highest BCUT2D eigenvalue weighted by Crippen LogP contribution is 2.49. The SMILES string of the molecule is CC(Br)CCCNC(=O)CC1CC2CCC1C2. The van der Waals surface area contributed by atoms with Gasteiger partial charge in [0.15, 0.2) is 0 Å². The number of carbonyl (C=O) groups is 1. The Balaban J connectivity index is 1.58. The van der Waals surface area contributed by atoms with Crippen molar-refractivity contribution in [1.82, 2.24) is 5.32 Å².